The van der Waals surface area contributed by atoms with Gasteiger partial charge in [0.2, 0.25) is 0 Å². The van der Waals surface area contributed by atoms with Crippen LogP contribution in [0, 0.1) is 6.92 Å². The molecule has 0 fully saturated rings. The summed E-state index contributed by atoms with van der Waals surface area (Å²) >= 11 is 3.07. The van der Waals surface area contributed by atoms with Gasteiger partial charge < -0.3 is 9.64 Å². The molecule has 2 heterocycles. The van der Waals surface area contributed by atoms with Gasteiger partial charge in [-0.05, 0) is 53.6 Å². The highest BCUT2D eigenvalue weighted by Gasteiger charge is 2.20. The molecule has 0 spiro atoms. The number of ether oxygens (including phenoxy) is 1. The van der Waals surface area contributed by atoms with E-state index >= 15 is 0 Å². The molecule has 24 heavy (non-hydrogen) atoms. The van der Waals surface area contributed by atoms with Crippen molar-refractivity contribution in [1.82, 2.24) is 9.88 Å². The average Bonchev–Trinajstić information content (AvgIpc) is 3.24. The fourth-order valence-corrected chi connectivity index (χ4v) is 4.08. The van der Waals surface area contributed by atoms with Gasteiger partial charge in [-0.25, -0.2) is 4.98 Å². The molecule has 0 aliphatic rings. The molecule has 3 rings (SSSR count). The number of rotatable bonds is 5. The van der Waals surface area contributed by atoms with E-state index in [9.17, 15) is 4.79 Å². The van der Waals surface area contributed by atoms with Crippen LogP contribution in [0.15, 0.2) is 41.1 Å². The van der Waals surface area contributed by atoms with Crippen LogP contribution in [0.5, 0.6) is 5.75 Å². The number of nitrogens with zero attached hydrogens (tertiary/aromatic N) is 2. The van der Waals surface area contributed by atoms with Crippen LogP contribution in [-0.2, 0) is 6.54 Å². The van der Waals surface area contributed by atoms with Gasteiger partial charge in [-0.15, -0.1) is 11.3 Å². The van der Waals surface area contributed by atoms with E-state index in [-0.39, 0.29) is 5.91 Å². The lowest BCUT2D eigenvalue weighted by Gasteiger charge is -2.15. The summed E-state index contributed by atoms with van der Waals surface area (Å²) in [6.07, 6.45) is 0. The number of thiazole rings is 1. The number of carbonyl (C=O) groups is 1. The smallest absolute Gasteiger partial charge is 0.265 e. The number of carbonyl (C=O) groups excluding carboxylic acids is 1. The van der Waals surface area contributed by atoms with Crippen molar-refractivity contribution in [1.29, 1.82) is 0 Å². The van der Waals surface area contributed by atoms with E-state index in [1.807, 2.05) is 49.7 Å². The number of amides is 1. The second-order valence-electron chi connectivity index (χ2n) is 5.45. The first-order chi connectivity index (χ1) is 11.6. The van der Waals surface area contributed by atoms with Gasteiger partial charge in [0.15, 0.2) is 0 Å². The predicted octanol–water partition coefficient (Wildman–Crippen LogP) is 4.46. The minimum absolute atomic E-state index is 0.0101. The molecule has 124 valence electrons. The second kappa shape index (κ2) is 7.15. The Bertz CT molecular complexity index is 823. The largest absolute Gasteiger partial charge is 0.497 e. The molecule has 6 heteroatoms. The standard InChI is InChI=1S/C18H18N2O2S2/c1-12-16(18(21)20(2)10-13-8-9-23-11-13)24-17(19-12)14-4-6-15(22-3)7-5-14/h4-9,11H,10H2,1-3H3. The Morgan fingerprint density at radius 2 is 2.00 bits per heavy atom. The van der Waals surface area contributed by atoms with Crippen molar-refractivity contribution in [3.05, 3.63) is 57.2 Å². The van der Waals surface area contributed by atoms with Crippen LogP contribution < -0.4 is 4.74 Å². The third-order valence-electron chi connectivity index (χ3n) is 3.67. The van der Waals surface area contributed by atoms with Crippen molar-refractivity contribution in [2.45, 2.75) is 13.5 Å². The van der Waals surface area contributed by atoms with E-state index in [2.05, 4.69) is 10.4 Å². The molecule has 0 radical (unpaired) electrons. The van der Waals surface area contributed by atoms with E-state index in [0.29, 0.717) is 11.4 Å². The third-order valence-corrected chi connectivity index (χ3v) is 5.60. The molecule has 0 unspecified atom stereocenters. The van der Waals surface area contributed by atoms with Crippen LogP contribution in [0.4, 0.5) is 0 Å². The Morgan fingerprint density at radius 1 is 1.25 bits per heavy atom. The van der Waals surface area contributed by atoms with Crippen LogP contribution in [0.2, 0.25) is 0 Å². The number of hydrogen-bond donors (Lipinski definition) is 0. The fourth-order valence-electron chi connectivity index (χ4n) is 2.35. The van der Waals surface area contributed by atoms with Crippen LogP contribution in [0.1, 0.15) is 20.9 Å². The van der Waals surface area contributed by atoms with Gasteiger partial charge in [-0.2, -0.15) is 11.3 Å². The van der Waals surface area contributed by atoms with E-state index < -0.39 is 0 Å². The minimum atomic E-state index is 0.0101. The van der Waals surface area contributed by atoms with Crippen LogP contribution in [-0.4, -0.2) is 29.9 Å². The monoisotopic (exact) mass is 358 g/mol. The van der Waals surface area contributed by atoms with Crippen molar-refractivity contribution in [3.8, 4) is 16.3 Å². The molecule has 2 aromatic heterocycles. The van der Waals surface area contributed by atoms with E-state index in [4.69, 9.17) is 4.74 Å². The van der Waals surface area contributed by atoms with E-state index in [0.717, 1.165) is 27.6 Å². The number of benzene rings is 1. The molecule has 3 aromatic rings. The highest BCUT2D eigenvalue weighted by Crippen LogP contribution is 2.30. The summed E-state index contributed by atoms with van der Waals surface area (Å²) in [5, 5.41) is 4.93. The van der Waals surface area contributed by atoms with Gasteiger partial charge in [0.25, 0.3) is 5.91 Å². The quantitative estimate of drug-likeness (QED) is 0.676. The zero-order chi connectivity index (χ0) is 17.1. The number of aromatic nitrogens is 1. The molecule has 1 amide bonds. The van der Waals surface area contributed by atoms with Crippen molar-refractivity contribution in [2.24, 2.45) is 0 Å². The predicted molar refractivity (Wildman–Crippen MR) is 99.0 cm³/mol. The maximum Gasteiger partial charge on any atom is 0.265 e. The lowest BCUT2D eigenvalue weighted by Crippen LogP contribution is -2.25. The number of methoxy groups -OCH3 is 1. The van der Waals surface area contributed by atoms with Crippen molar-refractivity contribution in [3.63, 3.8) is 0 Å². The molecule has 4 nitrogen and oxygen atoms in total. The summed E-state index contributed by atoms with van der Waals surface area (Å²) in [7, 11) is 3.47. The summed E-state index contributed by atoms with van der Waals surface area (Å²) in [4.78, 5) is 19.7. The van der Waals surface area contributed by atoms with Gasteiger partial charge in [0, 0.05) is 19.2 Å². The minimum Gasteiger partial charge on any atom is -0.497 e. The zero-order valence-electron chi connectivity index (χ0n) is 13.8. The van der Waals surface area contributed by atoms with E-state index in [1.165, 1.54) is 11.3 Å². The Hall–Kier alpha value is -2.18. The van der Waals surface area contributed by atoms with Crippen LogP contribution in [0.25, 0.3) is 10.6 Å². The van der Waals surface area contributed by atoms with Gasteiger partial charge in [-0.1, -0.05) is 0 Å². The molecular weight excluding hydrogens is 340 g/mol. The maximum atomic E-state index is 12.7. The number of hydrogen-bond acceptors (Lipinski definition) is 5. The number of thiophene rings is 1. The van der Waals surface area contributed by atoms with Gasteiger partial charge in [0.05, 0.1) is 12.8 Å². The number of aryl methyl sites for hydroxylation is 1. The van der Waals surface area contributed by atoms with Gasteiger partial charge in [-0.3, -0.25) is 4.79 Å². The first-order valence-corrected chi connectivity index (χ1v) is 9.23. The van der Waals surface area contributed by atoms with Crippen molar-refractivity contribution in [2.75, 3.05) is 14.2 Å². The third kappa shape index (κ3) is 3.49. The second-order valence-corrected chi connectivity index (χ2v) is 7.23. The SMILES string of the molecule is COc1ccc(-c2nc(C)c(C(=O)N(C)Cc3ccsc3)s2)cc1. The maximum absolute atomic E-state index is 12.7. The summed E-state index contributed by atoms with van der Waals surface area (Å²) < 4.78 is 5.18. The molecular formula is C18H18N2O2S2. The highest BCUT2D eigenvalue weighted by molar-refractivity contribution is 7.17. The summed E-state index contributed by atoms with van der Waals surface area (Å²) in [5.41, 5.74) is 2.91. The van der Waals surface area contributed by atoms with Crippen molar-refractivity contribution < 1.29 is 9.53 Å². The molecule has 0 saturated heterocycles. The zero-order valence-corrected chi connectivity index (χ0v) is 15.4. The first kappa shape index (κ1) is 16.7. The molecule has 0 bridgehead atoms. The van der Waals surface area contributed by atoms with Gasteiger partial charge >= 0.3 is 0 Å². The summed E-state index contributed by atoms with van der Waals surface area (Å²) in [6.45, 7) is 2.49. The van der Waals surface area contributed by atoms with E-state index in [1.54, 1.807) is 23.3 Å². The Kier molecular flexibility index (Phi) is 4.97. The summed E-state index contributed by atoms with van der Waals surface area (Å²) in [5.74, 6) is 0.815. The van der Waals surface area contributed by atoms with Gasteiger partial charge in [0.1, 0.15) is 15.6 Å². The summed E-state index contributed by atoms with van der Waals surface area (Å²) in [6, 6.07) is 9.75. The Labute approximate surface area is 149 Å². The van der Waals surface area contributed by atoms with Crippen LogP contribution in [0.3, 0.4) is 0 Å². The lowest BCUT2D eigenvalue weighted by molar-refractivity contribution is 0.0789. The molecule has 0 saturated carbocycles. The lowest BCUT2D eigenvalue weighted by atomic mass is 10.2. The average molecular weight is 358 g/mol. The van der Waals surface area contributed by atoms with Crippen molar-refractivity contribution >= 4 is 28.6 Å². The fraction of sp³-hybridized carbons (Fsp3) is 0.222. The Balaban J connectivity index is 1.81. The highest BCUT2D eigenvalue weighted by atomic mass is 32.1. The molecule has 0 N–H and O–H groups in total. The normalized spacial score (nSPS) is 10.6. The molecule has 0 atom stereocenters. The Morgan fingerprint density at radius 3 is 2.62 bits per heavy atom. The molecule has 0 aliphatic heterocycles. The van der Waals surface area contributed by atoms with Crippen LogP contribution >= 0.6 is 22.7 Å². The molecule has 1 aromatic carbocycles. The molecule has 0 aliphatic carbocycles. The topological polar surface area (TPSA) is 42.4 Å². The first-order valence-electron chi connectivity index (χ1n) is 7.47.